The first-order valence-electron chi connectivity index (χ1n) is 11.4. The van der Waals surface area contributed by atoms with Crippen LogP contribution in [0.3, 0.4) is 0 Å². The number of piperazine rings is 1. The van der Waals surface area contributed by atoms with Gasteiger partial charge in [-0.05, 0) is 24.8 Å². The number of carbonyl (C=O) groups is 2. The lowest BCUT2D eigenvalue weighted by molar-refractivity contribution is -0.148. The molecule has 4 heterocycles. The van der Waals surface area contributed by atoms with Gasteiger partial charge in [-0.25, -0.2) is 9.97 Å². The molecule has 0 radical (unpaired) electrons. The van der Waals surface area contributed by atoms with Crippen LogP contribution in [0.2, 0.25) is 0 Å². The molecule has 32 heavy (non-hydrogen) atoms. The topological polar surface area (TPSA) is 78.9 Å². The van der Waals surface area contributed by atoms with Crippen molar-refractivity contribution in [3.63, 3.8) is 0 Å². The van der Waals surface area contributed by atoms with E-state index < -0.39 is 0 Å². The Kier molecular flexibility index (Phi) is 5.89. The van der Waals surface area contributed by atoms with Crippen LogP contribution in [0.15, 0.2) is 49.1 Å². The summed E-state index contributed by atoms with van der Waals surface area (Å²) in [6, 6.07) is 10.4. The van der Waals surface area contributed by atoms with Gasteiger partial charge >= 0.3 is 0 Å². The zero-order valence-corrected chi connectivity index (χ0v) is 18.2. The van der Waals surface area contributed by atoms with E-state index in [0.717, 1.165) is 31.4 Å². The summed E-state index contributed by atoms with van der Waals surface area (Å²) >= 11 is 0. The van der Waals surface area contributed by atoms with E-state index in [1.165, 1.54) is 6.33 Å². The summed E-state index contributed by atoms with van der Waals surface area (Å²) in [5.41, 5.74) is 1.55. The van der Waals surface area contributed by atoms with Crippen LogP contribution in [-0.2, 0) is 16.1 Å². The zero-order chi connectivity index (χ0) is 22.0. The van der Waals surface area contributed by atoms with Gasteiger partial charge in [0, 0.05) is 51.2 Å². The van der Waals surface area contributed by atoms with E-state index in [1.54, 1.807) is 12.4 Å². The van der Waals surface area contributed by atoms with Gasteiger partial charge in [0.15, 0.2) is 0 Å². The average molecular weight is 436 g/mol. The third-order valence-corrected chi connectivity index (χ3v) is 7.05. The van der Waals surface area contributed by atoms with E-state index in [4.69, 9.17) is 4.74 Å². The molecule has 5 rings (SSSR count). The number of piperidine rings is 1. The standard InChI is InChI=1S/C24H29N5O3/c30-22-15-29(21-6-9-27(10-7-21)23(31)20-12-25-18-26-13-20)24(8-11-32-17-24)16-28(22)14-19-4-2-1-3-5-19/h1-5,12-13,18,21H,6-11,14-17H2. The fourth-order valence-corrected chi connectivity index (χ4v) is 5.33. The molecule has 1 unspecified atom stereocenters. The van der Waals surface area contributed by atoms with Gasteiger partial charge in [-0.1, -0.05) is 30.3 Å². The second kappa shape index (κ2) is 8.96. The number of nitrogens with zero attached hydrogens (tertiary/aromatic N) is 5. The number of likely N-dealkylation sites (tertiary alicyclic amines) is 1. The molecule has 1 aromatic heterocycles. The van der Waals surface area contributed by atoms with Crippen LogP contribution in [-0.4, -0.2) is 87.5 Å². The van der Waals surface area contributed by atoms with Gasteiger partial charge in [0.2, 0.25) is 5.91 Å². The Morgan fingerprint density at radius 1 is 1.12 bits per heavy atom. The van der Waals surface area contributed by atoms with E-state index in [0.29, 0.717) is 44.9 Å². The van der Waals surface area contributed by atoms with Gasteiger partial charge < -0.3 is 14.5 Å². The Balaban J connectivity index is 1.27. The average Bonchev–Trinajstić information content (AvgIpc) is 3.31. The molecule has 8 nitrogen and oxygen atoms in total. The smallest absolute Gasteiger partial charge is 0.256 e. The van der Waals surface area contributed by atoms with Crippen molar-refractivity contribution in [1.82, 2.24) is 24.7 Å². The van der Waals surface area contributed by atoms with Crippen molar-refractivity contribution < 1.29 is 14.3 Å². The highest BCUT2D eigenvalue weighted by atomic mass is 16.5. The maximum atomic E-state index is 13.1. The first kappa shape index (κ1) is 21.0. The third-order valence-electron chi connectivity index (χ3n) is 7.05. The second-order valence-corrected chi connectivity index (χ2v) is 9.04. The lowest BCUT2D eigenvalue weighted by Gasteiger charge is -2.52. The lowest BCUT2D eigenvalue weighted by Crippen LogP contribution is -2.68. The van der Waals surface area contributed by atoms with Crippen molar-refractivity contribution in [1.29, 1.82) is 0 Å². The number of benzene rings is 1. The maximum absolute atomic E-state index is 13.1. The molecule has 0 saturated carbocycles. The monoisotopic (exact) mass is 435 g/mol. The molecular weight excluding hydrogens is 406 g/mol. The maximum Gasteiger partial charge on any atom is 0.256 e. The number of hydrogen-bond donors (Lipinski definition) is 0. The van der Waals surface area contributed by atoms with Crippen molar-refractivity contribution >= 4 is 11.8 Å². The minimum Gasteiger partial charge on any atom is -0.379 e. The molecule has 1 atom stereocenters. The minimum atomic E-state index is -0.132. The van der Waals surface area contributed by atoms with Crippen molar-refractivity contribution in [2.45, 2.75) is 37.4 Å². The van der Waals surface area contributed by atoms with Crippen LogP contribution in [0.1, 0.15) is 35.2 Å². The number of rotatable bonds is 4. The van der Waals surface area contributed by atoms with Crippen LogP contribution in [0.4, 0.5) is 0 Å². The molecule has 1 aromatic carbocycles. The Morgan fingerprint density at radius 3 is 2.56 bits per heavy atom. The second-order valence-electron chi connectivity index (χ2n) is 9.04. The highest BCUT2D eigenvalue weighted by Crippen LogP contribution is 2.35. The molecular formula is C24H29N5O3. The van der Waals surface area contributed by atoms with Crippen molar-refractivity contribution in [2.24, 2.45) is 0 Å². The van der Waals surface area contributed by atoms with Crippen LogP contribution in [0.5, 0.6) is 0 Å². The first-order chi connectivity index (χ1) is 15.6. The Bertz CT molecular complexity index is 941. The normalized spacial score (nSPS) is 24.9. The molecule has 3 saturated heterocycles. The zero-order valence-electron chi connectivity index (χ0n) is 18.2. The SMILES string of the molecule is O=C1CN(C2CCN(C(=O)c3cncnc3)CC2)C2(CCOC2)CN1Cc1ccccc1. The molecule has 1 spiro atoms. The van der Waals surface area contributed by atoms with Gasteiger partial charge in [-0.3, -0.25) is 14.5 Å². The first-order valence-corrected chi connectivity index (χ1v) is 11.4. The molecule has 2 aromatic rings. The van der Waals surface area contributed by atoms with Crippen molar-refractivity contribution in [2.75, 3.05) is 39.4 Å². The number of carbonyl (C=O) groups excluding carboxylic acids is 2. The molecule has 3 aliphatic rings. The number of ether oxygens (including phenoxy) is 1. The summed E-state index contributed by atoms with van der Waals surface area (Å²) < 4.78 is 5.85. The highest BCUT2D eigenvalue weighted by Gasteiger charge is 2.50. The molecule has 168 valence electrons. The quantitative estimate of drug-likeness (QED) is 0.726. The van der Waals surface area contributed by atoms with E-state index in [1.807, 2.05) is 28.0 Å². The van der Waals surface area contributed by atoms with Gasteiger partial charge in [-0.2, -0.15) is 0 Å². The van der Waals surface area contributed by atoms with Crippen LogP contribution < -0.4 is 0 Å². The summed E-state index contributed by atoms with van der Waals surface area (Å²) in [6.45, 7) is 4.49. The number of aromatic nitrogens is 2. The molecule has 3 aliphatic heterocycles. The van der Waals surface area contributed by atoms with Crippen LogP contribution >= 0.6 is 0 Å². The Morgan fingerprint density at radius 2 is 1.88 bits per heavy atom. The molecule has 8 heteroatoms. The third kappa shape index (κ3) is 4.12. The van der Waals surface area contributed by atoms with E-state index in [9.17, 15) is 9.59 Å². The van der Waals surface area contributed by atoms with Crippen LogP contribution in [0, 0.1) is 0 Å². The molecule has 0 aliphatic carbocycles. The molecule has 2 amide bonds. The number of hydrogen-bond acceptors (Lipinski definition) is 6. The van der Waals surface area contributed by atoms with E-state index in [2.05, 4.69) is 27.0 Å². The van der Waals surface area contributed by atoms with Gasteiger partial charge in [0.25, 0.3) is 5.91 Å². The Labute approximate surface area is 188 Å². The summed E-state index contributed by atoms with van der Waals surface area (Å²) in [4.78, 5) is 40.1. The molecule has 0 bridgehead atoms. The summed E-state index contributed by atoms with van der Waals surface area (Å²) in [5.74, 6) is 0.151. The van der Waals surface area contributed by atoms with Gasteiger partial charge in [-0.15, -0.1) is 0 Å². The summed E-state index contributed by atoms with van der Waals surface area (Å²) in [5, 5.41) is 0. The Hall–Kier alpha value is -2.84. The van der Waals surface area contributed by atoms with Crippen molar-refractivity contribution in [3.05, 3.63) is 60.2 Å². The largest absolute Gasteiger partial charge is 0.379 e. The van der Waals surface area contributed by atoms with E-state index >= 15 is 0 Å². The van der Waals surface area contributed by atoms with Crippen LogP contribution in [0.25, 0.3) is 0 Å². The minimum absolute atomic E-state index is 0.0216. The van der Waals surface area contributed by atoms with E-state index in [-0.39, 0.29) is 23.4 Å². The lowest BCUT2D eigenvalue weighted by atomic mass is 9.87. The van der Waals surface area contributed by atoms with Gasteiger partial charge in [0.1, 0.15) is 6.33 Å². The number of amides is 2. The highest BCUT2D eigenvalue weighted by molar-refractivity contribution is 5.93. The molecule has 0 N–H and O–H groups in total. The predicted octanol–water partition coefficient (Wildman–Crippen LogP) is 1.58. The van der Waals surface area contributed by atoms with Crippen molar-refractivity contribution in [3.8, 4) is 0 Å². The fourth-order valence-electron chi connectivity index (χ4n) is 5.33. The van der Waals surface area contributed by atoms with Gasteiger partial charge in [0.05, 0.1) is 24.3 Å². The molecule has 3 fully saturated rings. The summed E-state index contributed by atoms with van der Waals surface area (Å²) in [6.07, 6.45) is 7.21. The fraction of sp³-hybridized carbons (Fsp3) is 0.500. The summed E-state index contributed by atoms with van der Waals surface area (Å²) in [7, 11) is 0. The predicted molar refractivity (Wildman–Crippen MR) is 118 cm³/mol.